The standard InChI is InChI=1S/C22H33N5.HI/c1-2-23-22(25-14-9-17-27-15-5-3-4-6-16-27)26-18-20-11-7-10-19-12-8-13-24-21(19)20;/h7-8,10-13H,2-6,9,14-18H2,1H3,(H2,23,25,26);1H. The Balaban J connectivity index is 0.00000280. The molecular formula is C22H34IN5. The SMILES string of the molecule is CCNC(=NCc1cccc2cccnc12)NCCCN1CCCCCC1.I. The Morgan fingerprint density at radius 3 is 2.64 bits per heavy atom. The minimum atomic E-state index is 0. The van der Waals surface area contributed by atoms with Gasteiger partial charge in [-0.2, -0.15) is 0 Å². The zero-order valence-corrected chi connectivity index (χ0v) is 19.3. The van der Waals surface area contributed by atoms with Crippen LogP contribution in [0.15, 0.2) is 41.5 Å². The molecule has 28 heavy (non-hydrogen) atoms. The molecule has 0 saturated carbocycles. The van der Waals surface area contributed by atoms with Crippen molar-refractivity contribution in [1.82, 2.24) is 20.5 Å². The first-order valence-electron chi connectivity index (χ1n) is 10.4. The maximum Gasteiger partial charge on any atom is 0.191 e. The Kier molecular flexibility index (Phi) is 10.6. The number of rotatable bonds is 7. The molecule has 1 aliphatic rings. The van der Waals surface area contributed by atoms with Gasteiger partial charge < -0.3 is 15.5 Å². The molecular weight excluding hydrogens is 461 g/mol. The van der Waals surface area contributed by atoms with Crippen molar-refractivity contribution < 1.29 is 0 Å². The number of aliphatic imine (C=N–C) groups is 1. The highest BCUT2D eigenvalue weighted by atomic mass is 127. The highest BCUT2D eigenvalue weighted by Gasteiger charge is 2.08. The number of nitrogens with one attached hydrogen (secondary N) is 2. The van der Waals surface area contributed by atoms with Crippen LogP contribution < -0.4 is 10.6 Å². The first kappa shape index (κ1) is 22.9. The molecule has 0 spiro atoms. The van der Waals surface area contributed by atoms with Gasteiger partial charge >= 0.3 is 0 Å². The van der Waals surface area contributed by atoms with Crippen LogP contribution in [0.3, 0.4) is 0 Å². The molecule has 1 fully saturated rings. The van der Waals surface area contributed by atoms with E-state index in [2.05, 4.69) is 51.7 Å². The average molecular weight is 495 g/mol. The number of hydrogen-bond acceptors (Lipinski definition) is 3. The van der Waals surface area contributed by atoms with Crippen LogP contribution in [0, 0.1) is 0 Å². The van der Waals surface area contributed by atoms with E-state index in [9.17, 15) is 0 Å². The predicted molar refractivity (Wildman–Crippen MR) is 130 cm³/mol. The van der Waals surface area contributed by atoms with Gasteiger partial charge in [0.05, 0.1) is 12.1 Å². The molecule has 0 atom stereocenters. The van der Waals surface area contributed by atoms with Gasteiger partial charge in [0.1, 0.15) is 0 Å². The summed E-state index contributed by atoms with van der Waals surface area (Å²) >= 11 is 0. The summed E-state index contributed by atoms with van der Waals surface area (Å²) in [5, 5.41) is 8.01. The number of benzene rings is 1. The zero-order valence-electron chi connectivity index (χ0n) is 17.0. The van der Waals surface area contributed by atoms with E-state index in [1.54, 1.807) is 0 Å². The largest absolute Gasteiger partial charge is 0.357 e. The third-order valence-electron chi connectivity index (χ3n) is 5.11. The molecule has 0 radical (unpaired) electrons. The van der Waals surface area contributed by atoms with Crippen LogP contribution in [-0.2, 0) is 6.54 Å². The van der Waals surface area contributed by atoms with Crippen LogP contribution in [0.5, 0.6) is 0 Å². The number of hydrogen-bond donors (Lipinski definition) is 2. The first-order chi connectivity index (χ1) is 13.4. The number of pyridine rings is 1. The fraction of sp³-hybridized carbons (Fsp3) is 0.545. The van der Waals surface area contributed by atoms with Gasteiger partial charge in [-0.05, 0) is 57.5 Å². The molecule has 154 valence electrons. The number of aromatic nitrogens is 1. The Bertz CT molecular complexity index is 720. The topological polar surface area (TPSA) is 52.6 Å². The van der Waals surface area contributed by atoms with E-state index in [4.69, 9.17) is 4.99 Å². The fourth-order valence-corrected chi connectivity index (χ4v) is 3.67. The smallest absolute Gasteiger partial charge is 0.191 e. The summed E-state index contributed by atoms with van der Waals surface area (Å²) in [7, 11) is 0. The number of fused-ring (bicyclic) bond motifs is 1. The van der Waals surface area contributed by atoms with Gasteiger partial charge in [0.2, 0.25) is 0 Å². The molecule has 0 bridgehead atoms. The molecule has 6 heteroatoms. The van der Waals surface area contributed by atoms with Crippen LogP contribution in [-0.4, -0.2) is 48.6 Å². The van der Waals surface area contributed by atoms with E-state index in [0.717, 1.165) is 36.6 Å². The summed E-state index contributed by atoms with van der Waals surface area (Å²) in [5.74, 6) is 0.890. The highest BCUT2D eigenvalue weighted by molar-refractivity contribution is 14.0. The molecule has 2 heterocycles. The van der Waals surface area contributed by atoms with Gasteiger partial charge in [-0.15, -0.1) is 24.0 Å². The van der Waals surface area contributed by atoms with Crippen LogP contribution in [0.1, 0.15) is 44.6 Å². The van der Waals surface area contributed by atoms with Crippen molar-refractivity contribution in [2.45, 2.75) is 45.6 Å². The van der Waals surface area contributed by atoms with Crippen LogP contribution >= 0.6 is 24.0 Å². The molecule has 3 rings (SSSR count). The van der Waals surface area contributed by atoms with Crippen LogP contribution in [0.25, 0.3) is 10.9 Å². The number of para-hydroxylation sites is 1. The normalized spacial score (nSPS) is 15.7. The summed E-state index contributed by atoms with van der Waals surface area (Å²) in [5.41, 5.74) is 2.20. The quantitative estimate of drug-likeness (QED) is 0.262. The third kappa shape index (κ3) is 7.20. The number of halogens is 1. The van der Waals surface area contributed by atoms with E-state index in [1.165, 1.54) is 50.7 Å². The lowest BCUT2D eigenvalue weighted by molar-refractivity contribution is 0.282. The van der Waals surface area contributed by atoms with Crippen molar-refractivity contribution in [1.29, 1.82) is 0 Å². The summed E-state index contributed by atoms with van der Waals surface area (Å²) < 4.78 is 0. The third-order valence-corrected chi connectivity index (χ3v) is 5.11. The summed E-state index contributed by atoms with van der Waals surface area (Å²) in [6, 6.07) is 10.4. The second-order valence-electron chi connectivity index (χ2n) is 7.22. The van der Waals surface area contributed by atoms with Crippen molar-refractivity contribution in [3.63, 3.8) is 0 Å². The minimum absolute atomic E-state index is 0. The molecule has 1 saturated heterocycles. The van der Waals surface area contributed by atoms with Crippen LogP contribution in [0.4, 0.5) is 0 Å². The molecule has 0 unspecified atom stereocenters. The Morgan fingerprint density at radius 1 is 1.07 bits per heavy atom. The van der Waals surface area contributed by atoms with Gasteiger partial charge in [0.15, 0.2) is 5.96 Å². The predicted octanol–water partition coefficient (Wildman–Crippen LogP) is 4.17. The van der Waals surface area contributed by atoms with Gasteiger partial charge in [-0.3, -0.25) is 4.98 Å². The molecule has 5 nitrogen and oxygen atoms in total. The van der Waals surface area contributed by atoms with Gasteiger partial charge in [0.25, 0.3) is 0 Å². The maximum absolute atomic E-state index is 4.77. The van der Waals surface area contributed by atoms with Crippen molar-refractivity contribution in [3.8, 4) is 0 Å². The number of nitrogens with zero attached hydrogens (tertiary/aromatic N) is 3. The second kappa shape index (κ2) is 12.9. The molecule has 0 aliphatic carbocycles. The van der Waals surface area contributed by atoms with Gasteiger partial charge in [-0.25, -0.2) is 4.99 Å². The Labute approximate surface area is 186 Å². The van der Waals surface area contributed by atoms with E-state index in [-0.39, 0.29) is 24.0 Å². The highest BCUT2D eigenvalue weighted by Crippen LogP contribution is 2.16. The van der Waals surface area contributed by atoms with Crippen molar-refractivity contribution >= 4 is 40.8 Å². The maximum atomic E-state index is 4.77. The zero-order chi connectivity index (χ0) is 18.7. The minimum Gasteiger partial charge on any atom is -0.357 e. The lowest BCUT2D eigenvalue weighted by Gasteiger charge is -2.20. The van der Waals surface area contributed by atoms with Crippen molar-refractivity contribution in [2.24, 2.45) is 4.99 Å². The molecule has 1 aromatic carbocycles. The van der Waals surface area contributed by atoms with E-state index in [0.29, 0.717) is 6.54 Å². The lowest BCUT2D eigenvalue weighted by atomic mass is 10.1. The van der Waals surface area contributed by atoms with E-state index >= 15 is 0 Å². The molecule has 1 aliphatic heterocycles. The summed E-state index contributed by atoms with van der Waals surface area (Å²) in [4.78, 5) is 11.9. The molecule has 1 aromatic heterocycles. The molecule has 2 aromatic rings. The average Bonchev–Trinajstić information content (AvgIpc) is 2.98. The summed E-state index contributed by atoms with van der Waals surface area (Å²) in [6.45, 7) is 8.27. The number of guanidine groups is 1. The fourth-order valence-electron chi connectivity index (χ4n) is 3.67. The van der Waals surface area contributed by atoms with Gasteiger partial charge in [0, 0.05) is 24.7 Å². The van der Waals surface area contributed by atoms with E-state index in [1.807, 2.05) is 12.3 Å². The van der Waals surface area contributed by atoms with E-state index < -0.39 is 0 Å². The van der Waals surface area contributed by atoms with Gasteiger partial charge in [-0.1, -0.05) is 37.1 Å². The molecule has 2 N–H and O–H groups in total. The van der Waals surface area contributed by atoms with Crippen molar-refractivity contribution in [2.75, 3.05) is 32.7 Å². The second-order valence-corrected chi connectivity index (χ2v) is 7.22. The number of likely N-dealkylation sites (tertiary alicyclic amines) is 1. The van der Waals surface area contributed by atoms with Crippen molar-refractivity contribution in [3.05, 3.63) is 42.1 Å². The Morgan fingerprint density at radius 2 is 1.86 bits per heavy atom. The Hall–Kier alpha value is -1.41. The van der Waals surface area contributed by atoms with Crippen LogP contribution in [0.2, 0.25) is 0 Å². The molecule has 0 amide bonds. The lowest BCUT2D eigenvalue weighted by Crippen LogP contribution is -2.39. The monoisotopic (exact) mass is 495 g/mol. The summed E-state index contributed by atoms with van der Waals surface area (Å²) in [6.07, 6.45) is 8.51. The first-order valence-corrected chi connectivity index (χ1v) is 10.4.